The van der Waals surface area contributed by atoms with Crippen LogP contribution in [0.25, 0.3) is 0 Å². The predicted octanol–water partition coefficient (Wildman–Crippen LogP) is 1.43. The summed E-state index contributed by atoms with van der Waals surface area (Å²) >= 11 is 0. The summed E-state index contributed by atoms with van der Waals surface area (Å²) in [7, 11) is 3.16. The van der Waals surface area contributed by atoms with E-state index in [-0.39, 0.29) is 11.9 Å². The van der Waals surface area contributed by atoms with Crippen LogP contribution in [-0.4, -0.2) is 35.8 Å². The van der Waals surface area contributed by atoms with Gasteiger partial charge in [-0.25, -0.2) is 4.79 Å². The fraction of sp³-hybridized carbons (Fsp3) is 0.333. The van der Waals surface area contributed by atoms with Gasteiger partial charge < -0.3 is 4.90 Å². The molecule has 1 aromatic rings. The van der Waals surface area contributed by atoms with Crippen molar-refractivity contribution in [2.24, 2.45) is 0 Å². The van der Waals surface area contributed by atoms with Crippen molar-refractivity contribution in [3.8, 4) is 0 Å². The molecule has 0 aliphatic carbocycles. The zero-order valence-corrected chi connectivity index (χ0v) is 9.60. The first-order valence-electron chi connectivity index (χ1n) is 5.11. The molecule has 1 heterocycles. The van der Waals surface area contributed by atoms with Gasteiger partial charge in [0.2, 0.25) is 0 Å². The molecular weight excluding hydrogens is 204 g/mol. The third kappa shape index (κ3) is 1.16. The molecule has 4 nitrogen and oxygen atoms in total. The van der Waals surface area contributed by atoms with Crippen molar-refractivity contribution in [3.63, 3.8) is 0 Å². The van der Waals surface area contributed by atoms with Crippen LogP contribution in [0.2, 0.25) is 0 Å². The van der Waals surface area contributed by atoms with Gasteiger partial charge in [0.25, 0.3) is 5.91 Å². The van der Waals surface area contributed by atoms with E-state index in [1.165, 1.54) is 11.9 Å². The third-order valence-electron chi connectivity index (χ3n) is 3.30. The number of likely N-dealkylation sites (N-methyl/N-ethyl adjacent to an activating group) is 2. The molecule has 1 fully saturated rings. The number of nitrogens with zero attached hydrogens (tertiary/aromatic N) is 2. The predicted molar refractivity (Wildman–Crippen MR) is 59.7 cm³/mol. The number of rotatable bonds is 1. The topological polar surface area (TPSA) is 40.6 Å². The van der Waals surface area contributed by atoms with Crippen molar-refractivity contribution >= 4 is 11.9 Å². The quantitative estimate of drug-likeness (QED) is 0.669. The minimum absolute atomic E-state index is 0.189. The van der Waals surface area contributed by atoms with Crippen molar-refractivity contribution in [1.82, 2.24) is 9.80 Å². The fourth-order valence-corrected chi connectivity index (χ4v) is 2.05. The van der Waals surface area contributed by atoms with Gasteiger partial charge >= 0.3 is 6.03 Å². The molecular formula is C12H14N2O2. The second-order valence-corrected chi connectivity index (χ2v) is 4.14. The lowest BCUT2D eigenvalue weighted by Crippen LogP contribution is -2.41. The van der Waals surface area contributed by atoms with E-state index in [4.69, 9.17) is 0 Å². The number of imide groups is 1. The van der Waals surface area contributed by atoms with E-state index in [1.807, 2.05) is 30.3 Å². The summed E-state index contributed by atoms with van der Waals surface area (Å²) < 4.78 is 0. The zero-order chi connectivity index (χ0) is 11.9. The van der Waals surface area contributed by atoms with Crippen LogP contribution in [0.3, 0.4) is 0 Å². The van der Waals surface area contributed by atoms with Crippen molar-refractivity contribution < 1.29 is 9.59 Å². The van der Waals surface area contributed by atoms with Crippen molar-refractivity contribution in [1.29, 1.82) is 0 Å². The molecule has 1 saturated heterocycles. The number of amides is 3. The monoisotopic (exact) mass is 218 g/mol. The lowest BCUT2D eigenvalue weighted by molar-refractivity contribution is -0.131. The SMILES string of the molecule is CN1C(=O)N(C)C(C)(c2ccccc2)C1=O. The van der Waals surface area contributed by atoms with Crippen molar-refractivity contribution in [2.45, 2.75) is 12.5 Å². The molecule has 3 amide bonds. The van der Waals surface area contributed by atoms with Crippen LogP contribution in [-0.2, 0) is 10.3 Å². The maximum atomic E-state index is 12.1. The molecule has 1 aliphatic heterocycles. The van der Waals surface area contributed by atoms with E-state index in [0.717, 1.165) is 10.5 Å². The molecule has 0 bridgehead atoms. The molecule has 1 aliphatic rings. The van der Waals surface area contributed by atoms with E-state index in [9.17, 15) is 9.59 Å². The van der Waals surface area contributed by atoms with Gasteiger partial charge in [0.15, 0.2) is 0 Å². The highest BCUT2D eigenvalue weighted by Crippen LogP contribution is 2.34. The summed E-state index contributed by atoms with van der Waals surface area (Å²) in [6.45, 7) is 1.77. The molecule has 4 heteroatoms. The molecule has 1 aromatic carbocycles. The molecule has 1 atom stereocenters. The molecule has 1 unspecified atom stereocenters. The molecule has 0 aromatic heterocycles. The summed E-state index contributed by atoms with van der Waals surface area (Å²) in [6.07, 6.45) is 0. The van der Waals surface area contributed by atoms with Crippen LogP contribution >= 0.6 is 0 Å². The largest absolute Gasteiger partial charge is 0.327 e. The van der Waals surface area contributed by atoms with E-state index in [2.05, 4.69) is 0 Å². The van der Waals surface area contributed by atoms with Gasteiger partial charge in [0.05, 0.1) is 0 Å². The smallest absolute Gasteiger partial charge is 0.309 e. The van der Waals surface area contributed by atoms with Gasteiger partial charge in [0.1, 0.15) is 5.54 Å². The average Bonchev–Trinajstić information content (AvgIpc) is 2.47. The minimum atomic E-state index is -0.882. The Bertz CT molecular complexity index is 444. The second-order valence-electron chi connectivity index (χ2n) is 4.14. The lowest BCUT2D eigenvalue weighted by atomic mass is 9.91. The molecule has 0 saturated carbocycles. The number of hydrogen-bond donors (Lipinski definition) is 0. The number of hydrogen-bond acceptors (Lipinski definition) is 2. The maximum absolute atomic E-state index is 12.1. The molecule has 0 radical (unpaired) electrons. The van der Waals surface area contributed by atoms with E-state index < -0.39 is 5.54 Å². The fourth-order valence-electron chi connectivity index (χ4n) is 2.05. The van der Waals surface area contributed by atoms with Crippen LogP contribution in [0, 0.1) is 0 Å². The summed E-state index contributed by atoms with van der Waals surface area (Å²) in [6, 6.07) is 9.07. The Morgan fingerprint density at radius 3 is 2.06 bits per heavy atom. The minimum Gasteiger partial charge on any atom is -0.309 e. The molecule has 84 valence electrons. The maximum Gasteiger partial charge on any atom is 0.327 e. The Labute approximate surface area is 94.5 Å². The highest BCUT2D eigenvalue weighted by molar-refractivity contribution is 6.06. The zero-order valence-electron chi connectivity index (χ0n) is 9.60. The summed E-state index contributed by atoms with van der Waals surface area (Å²) in [5, 5.41) is 0. The van der Waals surface area contributed by atoms with Crippen LogP contribution in [0.5, 0.6) is 0 Å². The lowest BCUT2D eigenvalue weighted by Gasteiger charge is -2.28. The molecule has 0 spiro atoms. The summed E-state index contributed by atoms with van der Waals surface area (Å²) in [5.41, 5.74) is -0.0483. The Hall–Kier alpha value is -1.84. The molecule has 0 N–H and O–H groups in total. The van der Waals surface area contributed by atoms with Gasteiger partial charge in [-0.1, -0.05) is 30.3 Å². The Kier molecular flexibility index (Phi) is 2.22. The van der Waals surface area contributed by atoms with Gasteiger partial charge in [-0.3, -0.25) is 9.69 Å². The van der Waals surface area contributed by atoms with Gasteiger partial charge in [-0.15, -0.1) is 0 Å². The first-order valence-corrected chi connectivity index (χ1v) is 5.11. The van der Waals surface area contributed by atoms with Crippen LogP contribution in [0.4, 0.5) is 4.79 Å². The van der Waals surface area contributed by atoms with E-state index in [1.54, 1.807) is 14.0 Å². The first kappa shape index (κ1) is 10.7. The number of carbonyl (C=O) groups excluding carboxylic acids is 2. The van der Waals surface area contributed by atoms with E-state index >= 15 is 0 Å². The summed E-state index contributed by atoms with van der Waals surface area (Å²) in [4.78, 5) is 26.5. The third-order valence-corrected chi connectivity index (χ3v) is 3.30. The Morgan fingerprint density at radius 1 is 1.06 bits per heavy atom. The highest BCUT2D eigenvalue weighted by atomic mass is 16.2. The highest BCUT2D eigenvalue weighted by Gasteiger charge is 2.51. The number of urea groups is 1. The van der Waals surface area contributed by atoms with Crippen LogP contribution in [0.1, 0.15) is 12.5 Å². The first-order chi connectivity index (χ1) is 7.49. The summed E-state index contributed by atoms with van der Waals surface area (Å²) in [5.74, 6) is -0.189. The standard InChI is InChI=1S/C12H14N2O2/c1-12(9-7-5-4-6-8-9)10(15)13(2)11(16)14(12)3/h4-8H,1-3H3. The number of benzene rings is 1. The van der Waals surface area contributed by atoms with Gasteiger partial charge in [0, 0.05) is 14.1 Å². The van der Waals surface area contributed by atoms with Crippen LogP contribution in [0.15, 0.2) is 30.3 Å². The normalized spacial score (nSPS) is 25.4. The molecule has 2 rings (SSSR count). The van der Waals surface area contributed by atoms with Gasteiger partial charge in [-0.2, -0.15) is 0 Å². The van der Waals surface area contributed by atoms with Crippen molar-refractivity contribution in [2.75, 3.05) is 14.1 Å². The molecule has 16 heavy (non-hydrogen) atoms. The Morgan fingerprint density at radius 2 is 1.62 bits per heavy atom. The van der Waals surface area contributed by atoms with Crippen molar-refractivity contribution in [3.05, 3.63) is 35.9 Å². The Balaban J connectivity index is 2.54. The number of carbonyl (C=O) groups is 2. The van der Waals surface area contributed by atoms with Crippen LogP contribution < -0.4 is 0 Å². The second kappa shape index (κ2) is 3.33. The van der Waals surface area contributed by atoms with E-state index in [0.29, 0.717) is 0 Å². The van der Waals surface area contributed by atoms with Gasteiger partial charge in [-0.05, 0) is 12.5 Å². The average molecular weight is 218 g/mol.